The smallest absolute Gasteiger partial charge is 0.199 e. The lowest BCUT2D eigenvalue weighted by Gasteiger charge is -2.10. The molecule has 1 aromatic rings. The molecule has 0 fully saturated rings. The molecule has 66 valence electrons. The Morgan fingerprint density at radius 2 is 1.42 bits per heavy atom. The highest BCUT2D eigenvalue weighted by Crippen LogP contribution is 2.30. The molecule has 0 radical (unpaired) electrons. The summed E-state index contributed by atoms with van der Waals surface area (Å²) in [5, 5.41) is -0.0601. The zero-order chi connectivity index (χ0) is 9.35. The SMILES string of the molecule is CC(Cl)(Cl)c1nc(Cl)nc(Cl)n1. The summed E-state index contributed by atoms with van der Waals surface area (Å²) in [7, 11) is 0. The summed E-state index contributed by atoms with van der Waals surface area (Å²) < 4.78 is -1.21. The van der Waals surface area contributed by atoms with Gasteiger partial charge in [-0.25, -0.2) is 0 Å². The van der Waals surface area contributed by atoms with Crippen LogP contribution in [-0.4, -0.2) is 15.0 Å². The standard InChI is InChI=1S/C5H3Cl4N3/c1-5(8,9)2-10-3(6)12-4(7)11-2/h1H3. The molecule has 1 aromatic heterocycles. The molecule has 7 heteroatoms. The van der Waals surface area contributed by atoms with Crippen molar-refractivity contribution in [1.82, 2.24) is 15.0 Å². The molecule has 0 unspecified atom stereocenters. The third-order valence-electron chi connectivity index (χ3n) is 0.973. The largest absolute Gasteiger partial charge is 0.227 e. The van der Waals surface area contributed by atoms with Gasteiger partial charge < -0.3 is 0 Å². The van der Waals surface area contributed by atoms with Crippen molar-refractivity contribution in [2.45, 2.75) is 11.3 Å². The van der Waals surface area contributed by atoms with Gasteiger partial charge in [-0.1, -0.05) is 23.2 Å². The second kappa shape index (κ2) is 3.50. The third kappa shape index (κ3) is 2.59. The Balaban J connectivity index is 3.18. The first-order valence-electron chi connectivity index (χ1n) is 2.85. The van der Waals surface area contributed by atoms with E-state index in [4.69, 9.17) is 46.4 Å². The molecule has 3 nitrogen and oxygen atoms in total. The number of halogens is 4. The van der Waals surface area contributed by atoms with Crippen LogP contribution in [0.3, 0.4) is 0 Å². The maximum absolute atomic E-state index is 5.70. The normalized spacial score (nSPS) is 11.8. The van der Waals surface area contributed by atoms with Gasteiger partial charge in [0, 0.05) is 0 Å². The van der Waals surface area contributed by atoms with Gasteiger partial charge in [0.15, 0.2) is 10.2 Å². The second-order valence-electron chi connectivity index (χ2n) is 2.09. The van der Waals surface area contributed by atoms with Crippen molar-refractivity contribution in [1.29, 1.82) is 0 Å². The molecule has 0 aliphatic carbocycles. The monoisotopic (exact) mass is 245 g/mol. The minimum atomic E-state index is -1.21. The van der Waals surface area contributed by atoms with E-state index in [0.717, 1.165) is 0 Å². The number of nitrogens with zero attached hydrogens (tertiary/aromatic N) is 3. The molecule has 12 heavy (non-hydrogen) atoms. The number of hydrogen-bond acceptors (Lipinski definition) is 3. The lowest BCUT2D eigenvalue weighted by molar-refractivity contribution is 0.820. The van der Waals surface area contributed by atoms with E-state index in [-0.39, 0.29) is 16.4 Å². The molecule has 0 bridgehead atoms. The average Bonchev–Trinajstić information content (AvgIpc) is 1.82. The summed E-state index contributed by atoms with van der Waals surface area (Å²) >= 11 is 22.4. The summed E-state index contributed by atoms with van der Waals surface area (Å²) in [6.45, 7) is 1.51. The van der Waals surface area contributed by atoms with Crippen LogP contribution in [0, 0.1) is 0 Å². The first-order valence-corrected chi connectivity index (χ1v) is 4.36. The molecule has 0 saturated carbocycles. The Morgan fingerprint density at radius 1 is 1.00 bits per heavy atom. The van der Waals surface area contributed by atoms with E-state index in [2.05, 4.69) is 15.0 Å². The van der Waals surface area contributed by atoms with Gasteiger partial charge in [-0.05, 0) is 30.1 Å². The van der Waals surface area contributed by atoms with Crippen LogP contribution in [-0.2, 0) is 4.33 Å². The van der Waals surface area contributed by atoms with Crippen molar-refractivity contribution in [3.05, 3.63) is 16.4 Å². The number of rotatable bonds is 1. The van der Waals surface area contributed by atoms with Gasteiger partial charge >= 0.3 is 0 Å². The Labute approximate surface area is 89.0 Å². The van der Waals surface area contributed by atoms with E-state index in [1.807, 2.05) is 0 Å². The van der Waals surface area contributed by atoms with Gasteiger partial charge in [-0.15, -0.1) is 0 Å². The zero-order valence-electron chi connectivity index (χ0n) is 5.85. The molecule has 0 atom stereocenters. The molecular formula is C5H3Cl4N3. The topological polar surface area (TPSA) is 38.7 Å². The molecule has 0 amide bonds. The molecule has 0 saturated heterocycles. The van der Waals surface area contributed by atoms with Gasteiger partial charge in [0.25, 0.3) is 0 Å². The maximum atomic E-state index is 5.70. The Morgan fingerprint density at radius 3 is 1.75 bits per heavy atom. The summed E-state index contributed by atoms with van der Waals surface area (Å²) in [6.07, 6.45) is 0. The van der Waals surface area contributed by atoms with Crippen LogP contribution in [0.1, 0.15) is 12.7 Å². The highest BCUT2D eigenvalue weighted by molar-refractivity contribution is 6.47. The highest BCUT2D eigenvalue weighted by Gasteiger charge is 2.24. The predicted molar refractivity (Wildman–Crippen MR) is 48.9 cm³/mol. The Bertz CT molecular complexity index is 275. The lowest BCUT2D eigenvalue weighted by Crippen LogP contribution is -2.11. The van der Waals surface area contributed by atoms with Gasteiger partial charge in [0.05, 0.1) is 0 Å². The number of alkyl halides is 2. The van der Waals surface area contributed by atoms with Crippen molar-refractivity contribution in [2.75, 3.05) is 0 Å². The van der Waals surface area contributed by atoms with Crippen LogP contribution < -0.4 is 0 Å². The molecule has 0 aliphatic heterocycles. The summed E-state index contributed by atoms with van der Waals surface area (Å²) in [5.74, 6) is 0.135. The fraction of sp³-hybridized carbons (Fsp3) is 0.400. The van der Waals surface area contributed by atoms with Gasteiger partial charge in [-0.2, -0.15) is 15.0 Å². The molecule has 1 heterocycles. The highest BCUT2D eigenvalue weighted by atomic mass is 35.5. The molecular weight excluding hydrogens is 244 g/mol. The van der Waals surface area contributed by atoms with Crippen molar-refractivity contribution >= 4 is 46.4 Å². The minimum Gasteiger partial charge on any atom is -0.199 e. The van der Waals surface area contributed by atoms with E-state index >= 15 is 0 Å². The molecule has 0 aliphatic rings. The first-order chi connectivity index (χ1) is 5.39. The summed E-state index contributed by atoms with van der Waals surface area (Å²) in [6, 6.07) is 0. The first kappa shape index (κ1) is 10.3. The van der Waals surface area contributed by atoms with Crippen LogP contribution in [0.2, 0.25) is 10.6 Å². The second-order valence-corrected chi connectivity index (χ2v) is 4.47. The average molecular weight is 247 g/mol. The van der Waals surface area contributed by atoms with Crippen LogP contribution in [0.4, 0.5) is 0 Å². The number of hydrogen-bond donors (Lipinski definition) is 0. The quantitative estimate of drug-likeness (QED) is 0.716. The fourth-order valence-corrected chi connectivity index (χ4v) is 1.05. The van der Waals surface area contributed by atoms with Gasteiger partial charge in [0.1, 0.15) is 0 Å². The molecule has 0 aromatic carbocycles. The van der Waals surface area contributed by atoms with E-state index < -0.39 is 4.33 Å². The summed E-state index contributed by atoms with van der Waals surface area (Å²) in [4.78, 5) is 10.9. The van der Waals surface area contributed by atoms with E-state index in [1.54, 1.807) is 0 Å². The lowest BCUT2D eigenvalue weighted by atomic mass is 10.4. The number of aromatic nitrogens is 3. The van der Waals surface area contributed by atoms with Crippen LogP contribution in [0.5, 0.6) is 0 Å². The van der Waals surface area contributed by atoms with E-state index in [1.165, 1.54) is 6.92 Å². The van der Waals surface area contributed by atoms with Crippen molar-refractivity contribution < 1.29 is 0 Å². The molecule has 0 spiro atoms. The minimum absolute atomic E-state index is 0.0301. The Kier molecular flexibility index (Phi) is 2.99. The predicted octanol–water partition coefficient (Wildman–Crippen LogP) is 2.83. The van der Waals surface area contributed by atoms with Crippen LogP contribution in [0.25, 0.3) is 0 Å². The third-order valence-corrected chi connectivity index (χ3v) is 1.65. The van der Waals surface area contributed by atoms with Crippen LogP contribution >= 0.6 is 46.4 Å². The van der Waals surface area contributed by atoms with Gasteiger partial charge in [-0.3, -0.25) is 0 Å². The van der Waals surface area contributed by atoms with Crippen molar-refractivity contribution in [3.63, 3.8) is 0 Å². The van der Waals surface area contributed by atoms with Crippen molar-refractivity contribution in [3.8, 4) is 0 Å². The fourth-order valence-electron chi connectivity index (χ4n) is 0.522. The van der Waals surface area contributed by atoms with Crippen molar-refractivity contribution in [2.24, 2.45) is 0 Å². The summed E-state index contributed by atoms with van der Waals surface area (Å²) in [5.41, 5.74) is 0. The van der Waals surface area contributed by atoms with E-state index in [9.17, 15) is 0 Å². The maximum Gasteiger partial charge on any atom is 0.227 e. The Hall–Kier alpha value is 0.170. The molecule has 1 rings (SSSR count). The van der Waals surface area contributed by atoms with Crippen LogP contribution in [0.15, 0.2) is 0 Å². The zero-order valence-corrected chi connectivity index (χ0v) is 8.88. The van der Waals surface area contributed by atoms with E-state index in [0.29, 0.717) is 0 Å². The molecule has 0 N–H and O–H groups in total. The van der Waals surface area contributed by atoms with Gasteiger partial charge in [0.2, 0.25) is 10.6 Å².